The van der Waals surface area contributed by atoms with E-state index in [-0.39, 0.29) is 34.7 Å². The molecular formula is C17H17N7O3. The normalized spacial score (nSPS) is 12.1. The molecule has 10 nitrogen and oxygen atoms in total. The summed E-state index contributed by atoms with van der Waals surface area (Å²) in [6, 6.07) is 7.13. The minimum atomic E-state index is -0.557. The van der Waals surface area contributed by atoms with Gasteiger partial charge < -0.3 is 10.1 Å². The zero-order valence-electron chi connectivity index (χ0n) is 14.9. The van der Waals surface area contributed by atoms with Gasteiger partial charge >= 0.3 is 5.69 Å². The minimum Gasteiger partial charge on any atom is -0.493 e. The molecule has 0 fully saturated rings. The van der Waals surface area contributed by atoms with E-state index in [1.807, 2.05) is 32.0 Å². The van der Waals surface area contributed by atoms with Crippen LogP contribution in [-0.4, -0.2) is 29.2 Å². The lowest BCUT2D eigenvalue weighted by molar-refractivity contribution is 0.459. The molecule has 1 aromatic carbocycles. The minimum absolute atomic E-state index is 0.114. The van der Waals surface area contributed by atoms with Crippen molar-refractivity contribution >= 4 is 33.7 Å². The number of imidazole rings is 1. The van der Waals surface area contributed by atoms with Crippen molar-refractivity contribution in [1.29, 1.82) is 0 Å². The fourth-order valence-corrected chi connectivity index (χ4v) is 3.06. The van der Waals surface area contributed by atoms with Crippen molar-refractivity contribution in [3.8, 4) is 5.88 Å². The van der Waals surface area contributed by atoms with E-state index in [1.165, 1.54) is 11.6 Å². The molecule has 0 spiro atoms. The Morgan fingerprint density at radius 1 is 1.15 bits per heavy atom. The summed E-state index contributed by atoms with van der Waals surface area (Å²) < 4.78 is 2.85. The van der Waals surface area contributed by atoms with E-state index in [4.69, 9.17) is 0 Å². The van der Waals surface area contributed by atoms with Crippen LogP contribution < -0.4 is 11.2 Å². The number of nitrogens with zero attached hydrogens (tertiary/aromatic N) is 5. The molecule has 10 heteroatoms. The van der Waals surface area contributed by atoms with Crippen LogP contribution in [0.25, 0.3) is 22.1 Å². The van der Waals surface area contributed by atoms with Gasteiger partial charge in [0.1, 0.15) is 0 Å². The average Bonchev–Trinajstić information content (AvgIpc) is 3.16. The molecule has 4 rings (SSSR count). The topological polar surface area (TPSA) is 133 Å². The Morgan fingerprint density at radius 2 is 1.89 bits per heavy atom. The number of para-hydroxylation sites is 1. The molecule has 0 aliphatic carbocycles. The summed E-state index contributed by atoms with van der Waals surface area (Å²) in [7, 11) is 1.52. The number of H-pyrrole nitrogens is 2. The fraction of sp³-hybridized carbons (Fsp3) is 0.235. The number of nitrogens with one attached hydrogen (secondary N) is 2. The van der Waals surface area contributed by atoms with E-state index >= 15 is 0 Å². The molecule has 0 aliphatic heterocycles. The number of aryl methyl sites for hydroxylation is 1. The lowest BCUT2D eigenvalue weighted by atomic mass is 10.2. The molecule has 4 aromatic rings. The average molecular weight is 367 g/mol. The number of aromatic hydroxyl groups is 1. The van der Waals surface area contributed by atoms with E-state index in [9.17, 15) is 14.7 Å². The summed E-state index contributed by atoms with van der Waals surface area (Å²) in [5.74, 6) is 0.0498. The summed E-state index contributed by atoms with van der Waals surface area (Å²) in [6.45, 7) is 3.74. The molecule has 0 atom stereocenters. The highest BCUT2D eigenvalue weighted by Gasteiger charge is 2.19. The maximum atomic E-state index is 12.3. The van der Waals surface area contributed by atoms with E-state index < -0.39 is 11.2 Å². The van der Waals surface area contributed by atoms with E-state index in [1.54, 1.807) is 10.6 Å². The Bertz CT molecular complexity index is 1320. The zero-order chi connectivity index (χ0) is 19.3. The smallest absolute Gasteiger partial charge is 0.329 e. The number of aromatic nitrogens is 5. The SMILES string of the molecule is CC(C)n1c(N=Nc2c(O)[nH]c3ccccc23)nc2c1c(=O)[nH]c(=O)n2C. The van der Waals surface area contributed by atoms with Crippen molar-refractivity contribution in [2.24, 2.45) is 17.3 Å². The van der Waals surface area contributed by atoms with Crippen molar-refractivity contribution in [1.82, 2.24) is 24.1 Å². The van der Waals surface area contributed by atoms with Crippen LogP contribution in [0.3, 0.4) is 0 Å². The summed E-state index contributed by atoms with van der Waals surface area (Å²) in [4.78, 5) is 33.6. The quantitative estimate of drug-likeness (QED) is 0.480. The van der Waals surface area contributed by atoms with Gasteiger partial charge in [0.25, 0.3) is 11.5 Å². The van der Waals surface area contributed by atoms with Gasteiger partial charge in [0, 0.05) is 18.5 Å². The molecule has 138 valence electrons. The van der Waals surface area contributed by atoms with Gasteiger partial charge in [-0.3, -0.25) is 18.9 Å². The Kier molecular flexibility index (Phi) is 3.69. The van der Waals surface area contributed by atoms with Crippen molar-refractivity contribution in [3.63, 3.8) is 0 Å². The maximum Gasteiger partial charge on any atom is 0.329 e. The third-order valence-corrected chi connectivity index (χ3v) is 4.35. The van der Waals surface area contributed by atoms with Crippen LogP contribution >= 0.6 is 0 Å². The van der Waals surface area contributed by atoms with E-state index in [0.29, 0.717) is 5.39 Å². The van der Waals surface area contributed by atoms with Gasteiger partial charge in [-0.1, -0.05) is 18.2 Å². The van der Waals surface area contributed by atoms with Gasteiger partial charge in [0.05, 0.1) is 5.52 Å². The molecule has 3 N–H and O–H groups in total. The highest BCUT2D eigenvalue weighted by atomic mass is 16.3. The Labute approximate surface area is 151 Å². The van der Waals surface area contributed by atoms with Gasteiger partial charge in [0.2, 0.25) is 5.88 Å². The zero-order valence-corrected chi connectivity index (χ0v) is 14.9. The van der Waals surface area contributed by atoms with Crippen LogP contribution in [0.1, 0.15) is 19.9 Å². The number of benzene rings is 1. The largest absolute Gasteiger partial charge is 0.493 e. The summed E-state index contributed by atoms with van der Waals surface area (Å²) in [6.07, 6.45) is 0. The Balaban J connectivity index is 1.95. The highest BCUT2D eigenvalue weighted by Crippen LogP contribution is 2.36. The van der Waals surface area contributed by atoms with Gasteiger partial charge in [-0.05, 0) is 19.9 Å². The molecule has 0 saturated carbocycles. The van der Waals surface area contributed by atoms with Crippen molar-refractivity contribution in [2.75, 3.05) is 0 Å². The molecule has 0 unspecified atom stereocenters. The molecule has 3 aromatic heterocycles. The lowest BCUT2D eigenvalue weighted by Crippen LogP contribution is -2.29. The monoisotopic (exact) mass is 367 g/mol. The van der Waals surface area contributed by atoms with Crippen molar-refractivity contribution in [2.45, 2.75) is 19.9 Å². The van der Waals surface area contributed by atoms with Crippen molar-refractivity contribution in [3.05, 3.63) is 45.1 Å². The predicted molar refractivity (Wildman–Crippen MR) is 100 cm³/mol. The number of fused-ring (bicyclic) bond motifs is 2. The standard InChI is InChI=1S/C17H17N7O3/c1-8(2)24-12-13(23(3)17(27)20-15(12)26)19-16(24)22-21-11-9-6-4-5-7-10(9)18-14(11)25/h4-8,18,25H,1-3H3,(H,20,26,27). The maximum absolute atomic E-state index is 12.3. The van der Waals surface area contributed by atoms with Crippen LogP contribution in [0.5, 0.6) is 5.88 Å². The first-order valence-corrected chi connectivity index (χ1v) is 8.31. The van der Waals surface area contributed by atoms with Crippen LogP contribution in [0.2, 0.25) is 0 Å². The predicted octanol–water partition coefficient (Wildman–Crippen LogP) is 2.61. The van der Waals surface area contributed by atoms with E-state index in [2.05, 4.69) is 25.2 Å². The molecule has 0 aliphatic rings. The number of rotatable bonds is 3. The van der Waals surface area contributed by atoms with Crippen LogP contribution in [-0.2, 0) is 7.05 Å². The van der Waals surface area contributed by atoms with E-state index in [0.717, 1.165) is 5.52 Å². The molecule has 0 amide bonds. The summed E-state index contributed by atoms with van der Waals surface area (Å²) >= 11 is 0. The number of aromatic amines is 2. The fourth-order valence-electron chi connectivity index (χ4n) is 3.06. The summed E-state index contributed by atoms with van der Waals surface area (Å²) in [5.41, 5.74) is 0.360. The second kappa shape index (κ2) is 5.94. The second-order valence-electron chi connectivity index (χ2n) is 6.43. The Hall–Kier alpha value is -3.69. The van der Waals surface area contributed by atoms with Gasteiger partial charge in [-0.25, -0.2) is 4.79 Å². The highest BCUT2D eigenvalue weighted by molar-refractivity contribution is 5.94. The first kappa shape index (κ1) is 16.8. The lowest BCUT2D eigenvalue weighted by Gasteiger charge is -2.09. The molecular weight excluding hydrogens is 350 g/mol. The third kappa shape index (κ3) is 2.53. The molecule has 0 bridgehead atoms. The van der Waals surface area contributed by atoms with Crippen LogP contribution in [0, 0.1) is 0 Å². The molecule has 27 heavy (non-hydrogen) atoms. The van der Waals surface area contributed by atoms with Crippen LogP contribution in [0.4, 0.5) is 11.6 Å². The van der Waals surface area contributed by atoms with Gasteiger partial charge in [-0.15, -0.1) is 10.2 Å². The molecule has 3 heterocycles. The Morgan fingerprint density at radius 3 is 2.63 bits per heavy atom. The first-order chi connectivity index (χ1) is 12.9. The van der Waals surface area contributed by atoms with Gasteiger partial charge in [0.15, 0.2) is 16.9 Å². The second-order valence-corrected chi connectivity index (χ2v) is 6.43. The molecule has 0 radical (unpaired) electrons. The number of hydrogen-bond acceptors (Lipinski definition) is 6. The van der Waals surface area contributed by atoms with Gasteiger partial charge in [-0.2, -0.15) is 4.98 Å². The first-order valence-electron chi connectivity index (χ1n) is 8.31. The summed E-state index contributed by atoms with van der Waals surface area (Å²) in [5, 5.41) is 19.1. The van der Waals surface area contributed by atoms with Crippen molar-refractivity contribution < 1.29 is 5.11 Å². The number of hydrogen-bond donors (Lipinski definition) is 3. The number of azo groups is 1. The molecule has 0 saturated heterocycles. The third-order valence-electron chi connectivity index (χ3n) is 4.35. The van der Waals surface area contributed by atoms with Crippen LogP contribution in [0.15, 0.2) is 44.1 Å².